The van der Waals surface area contributed by atoms with E-state index in [4.69, 9.17) is 4.74 Å². The lowest BCUT2D eigenvalue weighted by Gasteiger charge is -2.07. The molecule has 0 saturated carbocycles. The number of rotatable bonds is 3. The third kappa shape index (κ3) is 2.20. The molecular formula is C13H11NO5. The Hall–Kier alpha value is -2.63. The Morgan fingerprint density at radius 2 is 2.11 bits per heavy atom. The number of phenolic OH excluding ortho intramolecular Hbond substituents is 1. The highest BCUT2D eigenvalue weighted by Crippen LogP contribution is 2.37. The SMILES string of the molecule is CCOC(=O)c1cc2ccccc2c([N+](=O)[O-])c1O. The molecule has 2 aromatic carbocycles. The van der Waals surface area contributed by atoms with Crippen LogP contribution in [0.4, 0.5) is 5.69 Å². The van der Waals surface area contributed by atoms with Gasteiger partial charge in [-0.2, -0.15) is 0 Å². The van der Waals surface area contributed by atoms with Crippen molar-refractivity contribution in [3.05, 3.63) is 46.0 Å². The highest BCUT2D eigenvalue weighted by atomic mass is 16.6. The Morgan fingerprint density at radius 1 is 1.42 bits per heavy atom. The number of benzene rings is 2. The molecule has 19 heavy (non-hydrogen) atoms. The number of aromatic hydroxyl groups is 1. The van der Waals surface area contributed by atoms with Crippen LogP contribution in [0, 0.1) is 10.1 Å². The number of esters is 1. The molecule has 2 rings (SSSR count). The van der Waals surface area contributed by atoms with Crippen LogP contribution in [0.3, 0.4) is 0 Å². The van der Waals surface area contributed by atoms with E-state index in [9.17, 15) is 20.0 Å². The Labute approximate surface area is 108 Å². The van der Waals surface area contributed by atoms with Crippen molar-refractivity contribution < 1.29 is 19.6 Å². The van der Waals surface area contributed by atoms with Crippen LogP contribution in [0.2, 0.25) is 0 Å². The van der Waals surface area contributed by atoms with E-state index in [1.54, 1.807) is 25.1 Å². The van der Waals surface area contributed by atoms with Crippen LogP contribution in [-0.4, -0.2) is 22.6 Å². The molecule has 0 aliphatic rings. The molecule has 6 nitrogen and oxygen atoms in total. The average molecular weight is 261 g/mol. The van der Waals surface area contributed by atoms with Gasteiger partial charge in [0.05, 0.1) is 16.9 Å². The van der Waals surface area contributed by atoms with Crippen molar-refractivity contribution >= 4 is 22.4 Å². The molecule has 0 saturated heterocycles. The van der Waals surface area contributed by atoms with Gasteiger partial charge in [-0.25, -0.2) is 4.79 Å². The first-order valence-electron chi connectivity index (χ1n) is 5.62. The van der Waals surface area contributed by atoms with Crippen LogP contribution < -0.4 is 0 Å². The van der Waals surface area contributed by atoms with Gasteiger partial charge in [0.2, 0.25) is 5.75 Å². The lowest BCUT2D eigenvalue weighted by molar-refractivity contribution is -0.384. The number of hydrogen-bond acceptors (Lipinski definition) is 5. The van der Waals surface area contributed by atoms with Gasteiger partial charge in [-0.05, 0) is 24.4 Å². The Morgan fingerprint density at radius 3 is 2.74 bits per heavy atom. The average Bonchev–Trinajstić information content (AvgIpc) is 2.37. The van der Waals surface area contributed by atoms with Gasteiger partial charge in [-0.1, -0.05) is 18.2 Å². The second-order valence-corrected chi connectivity index (χ2v) is 3.82. The van der Waals surface area contributed by atoms with Gasteiger partial charge in [0.15, 0.2) is 0 Å². The van der Waals surface area contributed by atoms with Crippen molar-refractivity contribution in [3.63, 3.8) is 0 Å². The van der Waals surface area contributed by atoms with Crippen LogP contribution in [-0.2, 0) is 4.74 Å². The Bertz CT molecular complexity index is 665. The molecule has 0 bridgehead atoms. The summed E-state index contributed by atoms with van der Waals surface area (Å²) in [4.78, 5) is 22.0. The summed E-state index contributed by atoms with van der Waals surface area (Å²) in [5, 5.41) is 21.7. The molecular weight excluding hydrogens is 250 g/mol. The predicted octanol–water partition coefficient (Wildman–Crippen LogP) is 2.63. The maximum absolute atomic E-state index is 11.7. The van der Waals surface area contributed by atoms with Crippen LogP contribution in [0.25, 0.3) is 10.8 Å². The minimum absolute atomic E-state index is 0.124. The van der Waals surface area contributed by atoms with E-state index in [1.165, 1.54) is 12.1 Å². The first kappa shape index (κ1) is 12.8. The molecule has 0 unspecified atom stereocenters. The smallest absolute Gasteiger partial charge is 0.342 e. The first-order chi connectivity index (χ1) is 9.06. The standard InChI is InChI=1S/C13H11NO5/c1-2-19-13(16)10-7-8-5-3-4-6-9(8)11(12(10)15)14(17)18/h3-7,15H,2H2,1H3. The lowest BCUT2D eigenvalue weighted by Crippen LogP contribution is -2.06. The summed E-state index contributed by atoms with van der Waals surface area (Å²) >= 11 is 0. The van der Waals surface area contributed by atoms with E-state index in [-0.39, 0.29) is 17.6 Å². The fraction of sp³-hybridized carbons (Fsp3) is 0.154. The molecule has 6 heteroatoms. The molecule has 2 aromatic rings. The summed E-state index contributed by atoms with van der Waals surface area (Å²) in [7, 11) is 0. The van der Waals surface area contributed by atoms with E-state index >= 15 is 0 Å². The lowest BCUT2D eigenvalue weighted by atomic mass is 10.0. The largest absolute Gasteiger partial charge is 0.501 e. The fourth-order valence-electron chi connectivity index (χ4n) is 1.87. The summed E-state index contributed by atoms with van der Waals surface area (Å²) in [5.74, 6) is -1.45. The van der Waals surface area contributed by atoms with Gasteiger partial charge in [0, 0.05) is 0 Å². The molecule has 1 N–H and O–H groups in total. The molecule has 0 amide bonds. The van der Waals surface area contributed by atoms with Crippen molar-refractivity contribution in [1.29, 1.82) is 0 Å². The van der Waals surface area contributed by atoms with E-state index in [1.807, 2.05) is 0 Å². The number of fused-ring (bicyclic) bond motifs is 1. The van der Waals surface area contributed by atoms with Gasteiger partial charge >= 0.3 is 11.7 Å². The predicted molar refractivity (Wildman–Crippen MR) is 68.2 cm³/mol. The highest BCUT2D eigenvalue weighted by molar-refractivity contribution is 6.03. The third-order valence-electron chi connectivity index (χ3n) is 2.67. The van der Waals surface area contributed by atoms with Crippen LogP contribution in [0.5, 0.6) is 5.75 Å². The van der Waals surface area contributed by atoms with Crippen LogP contribution in [0.15, 0.2) is 30.3 Å². The molecule has 0 radical (unpaired) electrons. The second kappa shape index (κ2) is 4.93. The van der Waals surface area contributed by atoms with E-state index in [2.05, 4.69) is 0 Å². The summed E-state index contributed by atoms with van der Waals surface area (Å²) in [5.41, 5.74) is -0.687. The second-order valence-electron chi connectivity index (χ2n) is 3.82. The van der Waals surface area contributed by atoms with E-state index < -0.39 is 22.3 Å². The molecule has 98 valence electrons. The third-order valence-corrected chi connectivity index (χ3v) is 2.67. The summed E-state index contributed by atoms with van der Waals surface area (Å²) in [6, 6.07) is 7.85. The van der Waals surface area contributed by atoms with Crippen molar-refractivity contribution in [2.45, 2.75) is 6.92 Å². The summed E-state index contributed by atoms with van der Waals surface area (Å²) in [6.07, 6.45) is 0. The quantitative estimate of drug-likeness (QED) is 0.521. The van der Waals surface area contributed by atoms with Crippen LogP contribution in [0.1, 0.15) is 17.3 Å². The van der Waals surface area contributed by atoms with Gasteiger partial charge < -0.3 is 9.84 Å². The summed E-state index contributed by atoms with van der Waals surface area (Å²) in [6.45, 7) is 1.74. The van der Waals surface area contributed by atoms with Gasteiger partial charge in [-0.15, -0.1) is 0 Å². The van der Waals surface area contributed by atoms with Gasteiger partial charge in [0.25, 0.3) is 0 Å². The van der Waals surface area contributed by atoms with Crippen molar-refractivity contribution in [2.75, 3.05) is 6.61 Å². The molecule has 0 spiro atoms. The summed E-state index contributed by atoms with van der Waals surface area (Å²) < 4.78 is 4.77. The number of nitro groups is 1. The molecule has 0 heterocycles. The Balaban J connectivity index is 2.77. The van der Waals surface area contributed by atoms with Crippen molar-refractivity contribution in [1.82, 2.24) is 0 Å². The minimum Gasteiger partial charge on any atom is -0.501 e. The fourth-order valence-corrected chi connectivity index (χ4v) is 1.87. The number of phenols is 1. The minimum atomic E-state index is -0.783. The normalized spacial score (nSPS) is 10.4. The van der Waals surface area contributed by atoms with Crippen LogP contribution >= 0.6 is 0 Å². The highest BCUT2D eigenvalue weighted by Gasteiger charge is 2.25. The zero-order chi connectivity index (χ0) is 14.0. The monoisotopic (exact) mass is 261 g/mol. The van der Waals surface area contributed by atoms with E-state index in [0.29, 0.717) is 5.39 Å². The maximum Gasteiger partial charge on any atom is 0.342 e. The topological polar surface area (TPSA) is 89.7 Å². The number of nitro benzene ring substituents is 1. The van der Waals surface area contributed by atoms with E-state index in [0.717, 1.165) is 0 Å². The zero-order valence-electron chi connectivity index (χ0n) is 10.1. The molecule has 0 fully saturated rings. The Kier molecular flexibility index (Phi) is 3.33. The molecule has 0 aliphatic heterocycles. The number of hydrogen-bond donors (Lipinski definition) is 1. The number of carbonyl (C=O) groups excluding carboxylic acids is 1. The maximum atomic E-state index is 11.7. The van der Waals surface area contributed by atoms with Crippen molar-refractivity contribution in [2.24, 2.45) is 0 Å². The number of carbonyl (C=O) groups is 1. The first-order valence-corrected chi connectivity index (χ1v) is 5.62. The zero-order valence-corrected chi connectivity index (χ0v) is 10.1. The van der Waals surface area contributed by atoms with Gasteiger partial charge in [0.1, 0.15) is 5.56 Å². The number of nitrogens with zero attached hydrogens (tertiary/aromatic N) is 1. The molecule has 0 atom stereocenters. The van der Waals surface area contributed by atoms with Crippen molar-refractivity contribution in [3.8, 4) is 5.75 Å². The van der Waals surface area contributed by atoms with Gasteiger partial charge in [-0.3, -0.25) is 10.1 Å². The molecule has 0 aromatic heterocycles. The number of ether oxygens (including phenoxy) is 1. The molecule has 0 aliphatic carbocycles.